The van der Waals surface area contributed by atoms with Gasteiger partial charge >= 0.3 is 6.03 Å². The van der Waals surface area contributed by atoms with E-state index in [1.165, 1.54) is 0 Å². The SMILES string of the molecule is CN1CC2(CCOCC2)N(C2CCN(C(=O)COCc3ccccc3)CC2)C1=O. The lowest BCUT2D eigenvalue weighted by Crippen LogP contribution is -2.58. The van der Waals surface area contributed by atoms with Crippen LogP contribution in [0.25, 0.3) is 0 Å². The van der Waals surface area contributed by atoms with Gasteiger partial charge in [-0.05, 0) is 31.2 Å². The first-order chi connectivity index (χ1) is 14.1. The Bertz CT molecular complexity index is 712. The minimum absolute atomic E-state index is 0.0324. The van der Waals surface area contributed by atoms with Crippen LogP contribution in [-0.2, 0) is 20.9 Å². The molecule has 4 rings (SSSR count). The third kappa shape index (κ3) is 4.26. The molecular weight excluding hydrogens is 370 g/mol. The molecule has 3 saturated heterocycles. The largest absolute Gasteiger partial charge is 0.381 e. The summed E-state index contributed by atoms with van der Waals surface area (Å²) in [5, 5.41) is 0. The molecule has 158 valence electrons. The van der Waals surface area contributed by atoms with Crippen LogP contribution in [0.5, 0.6) is 0 Å². The van der Waals surface area contributed by atoms with Crippen molar-refractivity contribution in [2.24, 2.45) is 0 Å². The molecule has 3 aliphatic rings. The maximum atomic E-state index is 12.9. The minimum atomic E-state index is -0.0975. The molecule has 7 nitrogen and oxygen atoms in total. The molecule has 0 aromatic heterocycles. The van der Waals surface area contributed by atoms with Crippen LogP contribution in [0.15, 0.2) is 30.3 Å². The molecule has 3 heterocycles. The highest BCUT2D eigenvalue weighted by Gasteiger charge is 2.52. The van der Waals surface area contributed by atoms with E-state index in [-0.39, 0.29) is 30.1 Å². The van der Waals surface area contributed by atoms with Crippen molar-refractivity contribution in [3.63, 3.8) is 0 Å². The fraction of sp³-hybridized carbons (Fsp3) is 0.636. The molecule has 3 fully saturated rings. The van der Waals surface area contributed by atoms with E-state index < -0.39 is 0 Å². The number of hydrogen-bond acceptors (Lipinski definition) is 4. The van der Waals surface area contributed by atoms with Gasteiger partial charge < -0.3 is 24.2 Å². The smallest absolute Gasteiger partial charge is 0.320 e. The van der Waals surface area contributed by atoms with Crippen molar-refractivity contribution in [3.8, 4) is 0 Å². The van der Waals surface area contributed by atoms with Crippen molar-refractivity contribution in [2.45, 2.75) is 43.9 Å². The maximum Gasteiger partial charge on any atom is 0.320 e. The zero-order valence-electron chi connectivity index (χ0n) is 17.2. The summed E-state index contributed by atoms with van der Waals surface area (Å²) in [5.41, 5.74) is 0.970. The van der Waals surface area contributed by atoms with Gasteiger partial charge in [-0.3, -0.25) is 4.79 Å². The molecule has 0 radical (unpaired) electrons. The summed E-state index contributed by atoms with van der Waals surface area (Å²) in [6.45, 7) is 4.12. The number of carbonyl (C=O) groups excluding carboxylic acids is 2. The average molecular weight is 402 g/mol. The molecule has 0 atom stereocenters. The number of urea groups is 1. The Balaban J connectivity index is 1.29. The number of piperidine rings is 1. The second kappa shape index (κ2) is 8.71. The third-order valence-electron chi connectivity index (χ3n) is 6.52. The zero-order chi connectivity index (χ0) is 20.3. The van der Waals surface area contributed by atoms with Crippen molar-refractivity contribution in [2.75, 3.05) is 46.5 Å². The number of amides is 3. The van der Waals surface area contributed by atoms with Gasteiger partial charge in [-0.15, -0.1) is 0 Å². The highest BCUT2D eigenvalue weighted by atomic mass is 16.5. The molecule has 1 aromatic rings. The molecular formula is C22H31N3O4. The van der Waals surface area contributed by atoms with Gasteiger partial charge in [-0.25, -0.2) is 4.79 Å². The Hall–Kier alpha value is -2.12. The second-order valence-electron chi connectivity index (χ2n) is 8.44. The van der Waals surface area contributed by atoms with Crippen LogP contribution in [0, 0.1) is 0 Å². The summed E-state index contributed by atoms with van der Waals surface area (Å²) >= 11 is 0. The Morgan fingerprint density at radius 2 is 1.86 bits per heavy atom. The van der Waals surface area contributed by atoms with E-state index in [1.54, 1.807) is 0 Å². The average Bonchev–Trinajstić information content (AvgIpc) is 2.98. The predicted octanol–water partition coefficient (Wildman–Crippen LogP) is 2.11. The number of hydrogen-bond donors (Lipinski definition) is 0. The van der Waals surface area contributed by atoms with E-state index in [0.29, 0.717) is 32.9 Å². The molecule has 29 heavy (non-hydrogen) atoms. The summed E-state index contributed by atoms with van der Waals surface area (Å²) in [6, 6.07) is 10.2. The van der Waals surface area contributed by atoms with Gasteiger partial charge in [-0.1, -0.05) is 30.3 Å². The first kappa shape index (κ1) is 20.2. The van der Waals surface area contributed by atoms with Gasteiger partial charge in [0.25, 0.3) is 0 Å². The van der Waals surface area contributed by atoms with Gasteiger partial charge in [0.15, 0.2) is 0 Å². The highest BCUT2D eigenvalue weighted by molar-refractivity contribution is 5.79. The standard InChI is InChI=1S/C22H31N3O4/c1-23-17-22(9-13-28-14-10-22)25(21(23)27)19-7-11-24(12-8-19)20(26)16-29-15-18-5-3-2-4-6-18/h2-6,19H,7-17H2,1H3. The molecule has 0 saturated carbocycles. The van der Waals surface area contributed by atoms with Gasteiger partial charge in [0, 0.05) is 45.9 Å². The van der Waals surface area contributed by atoms with Gasteiger partial charge in [0.1, 0.15) is 6.61 Å². The summed E-state index contributed by atoms with van der Waals surface area (Å²) in [6.07, 6.45) is 3.45. The van der Waals surface area contributed by atoms with Crippen LogP contribution in [-0.4, -0.2) is 84.7 Å². The number of likely N-dealkylation sites (tertiary alicyclic amines) is 1. The molecule has 0 aliphatic carbocycles. The van der Waals surface area contributed by atoms with Crippen molar-refractivity contribution < 1.29 is 19.1 Å². The lowest BCUT2D eigenvalue weighted by Gasteiger charge is -2.46. The Kier molecular flexibility index (Phi) is 6.06. The van der Waals surface area contributed by atoms with Gasteiger partial charge in [0.2, 0.25) is 5.91 Å². The van der Waals surface area contributed by atoms with Crippen LogP contribution >= 0.6 is 0 Å². The summed E-state index contributed by atoms with van der Waals surface area (Å²) in [7, 11) is 1.89. The third-order valence-corrected chi connectivity index (χ3v) is 6.52. The predicted molar refractivity (Wildman–Crippen MR) is 108 cm³/mol. The number of likely N-dealkylation sites (N-methyl/N-ethyl adjacent to an activating group) is 1. The molecule has 7 heteroatoms. The summed E-state index contributed by atoms with van der Waals surface area (Å²) in [4.78, 5) is 31.3. The van der Waals surface area contributed by atoms with Crippen LogP contribution in [0.1, 0.15) is 31.2 Å². The normalized spacial score (nSPS) is 22.5. The highest BCUT2D eigenvalue weighted by Crippen LogP contribution is 2.38. The van der Waals surface area contributed by atoms with Gasteiger partial charge in [-0.2, -0.15) is 0 Å². The van der Waals surface area contributed by atoms with Crippen LogP contribution in [0.3, 0.4) is 0 Å². The fourth-order valence-electron chi connectivity index (χ4n) is 4.96. The Morgan fingerprint density at radius 1 is 1.17 bits per heavy atom. The topological polar surface area (TPSA) is 62.3 Å². The quantitative estimate of drug-likeness (QED) is 0.758. The molecule has 3 amide bonds. The minimum Gasteiger partial charge on any atom is -0.381 e. The van der Waals surface area contributed by atoms with Crippen molar-refractivity contribution >= 4 is 11.9 Å². The van der Waals surface area contributed by atoms with E-state index in [2.05, 4.69) is 4.90 Å². The number of rotatable bonds is 5. The second-order valence-corrected chi connectivity index (χ2v) is 8.44. The van der Waals surface area contributed by atoms with Crippen molar-refractivity contribution in [1.82, 2.24) is 14.7 Å². The Labute approximate surface area is 172 Å². The van der Waals surface area contributed by atoms with E-state index in [0.717, 1.165) is 37.8 Å². The lowest BCUT2D eigenvalue weighted by molar-refractivity contribution is -0.138. The van der Waals surface area contributed by atoms with Crippen LogP contribution in [0.4, 0.5) is 4.79 Å². The molecule has 0 bridgehead atoms. The maximum absolute atomic E-state index is 12.9. The number of ether oxygens (including phenoxy) is 2. The summed E-state index contributed by atoms with van der Waals surface area (Å²) in [5.74, 6) is 0.0324. The van der Waals surface area contributed by atoms with E-state index in [9.17, 15) is 9.59 Å². The first-order valence-electron chi connectivity index (χ1n) is 10.6. The van der Waals surface area contributed by atoms with Crippen LogP contribution < -0.4 is 0 Å². The Morgan fingerprint density at radius 3 is 2.55 bits per heavy atom. The summed E-state index contributed by atoms with van der Waals surface area (Å²) < 4.78 is 11.2. The number of nitrogens with zero attached hydrogens (tertiary/aromatic N) is 3. The zero-order valence-corrected chi connectivity index (χ0v) is 17.2. The first-order valence-corrected chi connectivity index (χ1v) is 10.6. The van der Waals surface area contributed by atoms with E-state index in [4.69, 9.17) is 9.47 Å². The molecule has 0 N–H and O–H groups in total. The fourth-order valence-corrected chi connectivity index (χ4v) is 4.96. The molecule has 3 aliphatic heterocycles. The van der Waals surface area contributed by atoms with Crippen molar-refractivity contribution in [3.05, 3.63) is 35.9 Å². The monoisotopic (exact) mass is 401 g/mol. The lowest BCUT2D eigenvalue weighted by atomic mass is 9.86. The van der Waals surface area contributed by atoms with E-state index in [1.807, 2.05) is 47.2 Å². The number of carbonyl (C=O) groups is 2. The van der Waals surface area contributed by atoms with Crippen molar-refractivity contribution in [1.29, 1.82) is 0 Å². The number of benzene rings is 1. The van der Waals surface area contributed by atoms with Crippen LogP contribution in [0.2, 0.25) is 0 Å². The molecule has 1 spiro atoms. The molecule has 0 unspecified atom stereocenters. The molecule has 1 aromatic carbocycles. The van der Waals surface area contributed by atoms with E-state index >= 15 is 0 Å². The van der Waals surface area contributed by atoms with Gasteiger partial charge in [0.05, 0.1) is 12.1 Å².